The van der Waals surface area contributed by atoms with Gasteiger partial charge in [0.2, 0.25) is 5.91 Å². The summed E-state index contributed by atoms with van der Waals surface area (Å²) in [7, 11) is 0. The SMILES string of the molecule is O=C(Cn1cc(C(F)(F)F)ccc1=O)NC1CCCc2ccccc21. The number of rotatable bonds is 3. The summed E-state index contributed by atoms with van der Waals surface area (Å²) >= 11 is 0. The van der Waals surface area contributed by atoms with Crippen molar-refractivity contribution in [3.8, 4) is 0 Å². The summed E-state index contributed by atoms with van der Waals surface area (Å²) in [4.78, 5) is 24.0. The van der Waals surface area contributed by atoms with E-state index in [9.17, 15) is 22.8 Å². The zero-order valence-electron chi connectivity index (χ0n) is 13.3. The third-order valence-electron chi connectivity index (χ3n) is 4.33. The fourth-order valence-corrected chi connectivity index (χ4v) is 3.12. The number of carbonyl (C=O) groups is 1. The summed E-state index contributed by atoms with van der Waals surface area (Å²) in [6.45, 7) is -0.443. The first-order valence-electron chi connectivity index (χ1n) is 7.99. The molecule has 1 unspecified atom stereocenters. The Kier molecular flexibility index (Phi) is 4.65. The second-order valence-corrected chi connectivity index (χ2v) is 6.09. The number of halogens is 3. The number of aryl methyl sites for hydroxylation is 1. The van der Waals surface area contributed by atoms with Crippen LogP contribution in [0.5, 0.6) is 0 Å². The van der Waals surface area contributed by atoms with Gasteiger partial charge in [0.1, 0.15) is 6.54 Å². The maximum atomic E-state index is 12.8. The molecular formula is C18H17F3N2O2. The lowest BCUT2D eigenvalue weighted by Gasteiger charge is -2.26. The minimum absolute atomic E-state index is 0.182. The van der Waals surface area contributed by atoms with E-state index in [0.717, 1.165) is 41.0 Å². The van der Waals surface area contributed by atoms with E-state index in [-0.39, 0.29) is 6.04 Å². The molecule has 0 saturated carbocycles. The monoisotopic (exact) mass is 350 g/mol. The van der Waals surface area contributed by atoms with Gasteiger partial charge < -0.3 is 9.88 Å². The Bertz CT molecular complexity index is 843. The number of carbonyl (C=O) groups excluding carboxylic acids is 1. The van der Waals surface area contributed by atoms with E-state index in [0.29, 0.717) is 12.3 Å². The topological polar surface area (TPSA) is 51.1 Å². The molecule has 7 heteroatoms. The molecule has 1 aromatic carbocycles. The van der Waals surface area contributed by atoms with Crippen LogP contribution in [-0.2, 0) is 23.9 Å². The van der Waals surface area contributed by atoms with Gasteiger partial charge in [-0.3, -0.25) is 9.59 Å². The maximum Gasteiger partial charge on any atom is 0.417 e. The van der Waals surface area contributed by atoms with Crippen molar-refractivity contribution in [3.63, 3.8) is 0 Å². The molecule has 1 aliphatic rings. The van der Waals surface area contributed by atoms with Gasteiger partial charge in [0, 0.05) is 12.3 Å². The van der Waals surface area contributed by atoms with Crippen LogP contribution in [0.3, 0.4) is 0 Å². The Morgan fingerprint density at radius 3 is 2.72 bits per heavy atom. The molecule has 1 amide bonds. The van der Waals surface area contributed by atoms with Crippen LogP contribution >= 0.6 is 0 Å². The van der Waals surface area contributed by atoms with E-state index in [1.165, 1.54) is 0 Å². The molecule has 132 valence electrons. The Balaban J connectivity index is 1.75. The molecule has 3 rings (SSSR count). The molecule has 0 bridgehead atoms. The first-order valence-corrected chi connectivity index (χ1v) is 7.99. The van der Waals surface area contributed by atoms with Gasteiger partial charge in [-0.25, -0.2) is 0 Å². The van der Waals surface area contributed by atoms with Crippen LogP contribution in [0.4, 0.5) is 13.2 Å². The van der Waals surface area contributed by atoms with Gasteiger partial charge in [0.15, 0.2) is 0 Å². The Labute approximate surface area is 142 Å². The first-order chi connectivity index (χ1) is 11.8. The van der Waals surface area contributed by atoms with Gasteiger partial charge in [0.05, 0.1) is 11.6 Å². The van der Waals surface area contributed by atoms with Crippen molar-refractivity contribution in [2.45, 2.75) is 38.0 Å². The smallest absolute Gasteiger partial charge is 0.348 e. The van der Waals surface area contributed by atoms with Crippen LogP contribution in [0, 0.1) is 0 Å². The number of benzene rings is 1. The number of amides is 1. The quantitative estimate of drug-likeness (QED) is 0.925. The molecule has 0 spiro atoms. The number of hydrogen-bond acceptors (Lipinski definition) is 2. The molecule has 1 aliphatic carbocycles. The van der Waals surface area contributed by atoms with Crippen molar-refractivity contribution in [1.29, 1.82) is 0 Å². The van der Waals surface area contributed by atoms with Gasteiger partial charge >= 0.3 is 6.18 Å². The highest BCUT2D eigenvalue weighted by molar-refractivity contribution is 5.76. The number of pyridine rings is 1. The first kappa shape index (κ1) is 17.3. The van der Waals surface area contributed by atoms with Crippen molar-refractivity contribution >= 4 is 5.91 Å². The number of nitrogens with one attached hydrogen (secondary N) is 1. The van der Waals surface area contributed by atoms with E-state index in [4.69, 9.17) is 0 Å². The van der Waals surface area contributed by atoms with Gasteiger partial charge in [-0.05, 0) is 36.5 Å². The maximum absolute atomic E-state index is 12.8. The lowest BCUT2D eigenvalue weighted by atomic mass is 9.88. The van der Waals surface area contributed by atoms with Crippen LogP contribution in [-0.4, -0.2) is 10.5 Å². The van der Waals surface area contributed by atoms with Crippen molar-refractivity contribution in [2.24, 2.45) is 0 Å². The molecular weight excluding hydrogens is 333 g/mol. The van der Waals surface area contributed by atoms with Crippen LogP contribution in [0.15, 0.2) is 47.4 Å². The average Bonchev–Trinajstić information content (AvgIpc) is 2.56. The minimum Gasteiger partial charge on any atom is -0.348 e. The fourth-order valence-electron chi connectivity index (χ4n) is 3.12. The fraction of sp³-hybridized carbons (Fsp3) is 0.333. The molecule has 25 heavy (non-hydrogen) atoms. The van der Waals surface area contributed by atoms with Gasteiger partial charge in [-0.1, -0.05) is 24.3 Å². The zero-order chi connectivity index (χ0) is 18.0. The summed E-state index contributed by atoms with van der Waals surface area (Å²) in [5.41, 5.74) is 0.587. The van der Waals surface area contributed by atoms with Crippen molar-refractivity contribution in [3.05, 3.63) is 69.6 Å². The van der Waals surface area contributed by atoms with E-state index in [1.807, 2.05) is 24.3 Å². The molecule has 1 atom stereocenters. The van der Waals surface area contributed by atoms with E-state index >= 15 is 0 Å². The molecule has 1 heterocycles. The van der Waals surface area contributed by atoms with E-state index in [1.54, 1.807) is 0 Å². The summed E-state index contributed by atoms with van der Waals surface area (Å²) in [6, 6.07) is 9.13. The lowest BCUT2D eigenvalue weighted by Crippen LogP contribution is -2.36. The van der Waals surface area contributed by atoms with Crippen molar-refractivity contribution < 1.29 is 18.0 Å². The highest BCUT2D eigenvalue weighted by atomic mass is 19.4. The highest BCUT2D eigenvalue weighted by Crippen LogP contribution is 2.30. The standard InChI is InChI=1S/C18H17F3N2O2/c19-18(20,21)13-8-9-17(25)23(10-13)11-16(24)22-15-7-3-5-12-4-1-2-6-14(12)15/h1-2,4,6,8-10,15H,3,5,7,11H2,(H,22,24). The number of fused-ring (bicyclic) bond motifs is 1. The van der Waals surface area contributed by atoms with E-state index in [2.05, 4.69) is 5.32 Å². The summed E-state index contributed by atoms with van der Waals surface area (Å²) in [5.74, 6) is -0.483. The Morgan fingerprint density at radius 1 is 1.20 bits per heavy atom. The van der Waals surface area contributed by atoms with Gasteiger partial charge in [0.25, 0.3) is 5.56 Å². The molecule has 1 N–H and O–H groups in total. The number of alkyl halides is 3. The number of nitrogens with zero attached hydrogens (tertiary/aromatic N) is 1. The Morgan fingerprint density at radius 2 is 1.96 bits per heavy atom. The molecule has 0 saturated heterocycles. The van der Waals surface area contributed by atoms with E-state index < -0.39 is 29.8 Å². The highest BCUT2D eigenvalue weighted by Gasteiger charge is 2.31. The molecule has 2 aromatic rings. The van der Waals surface area contributed by atoms with Crippen LogP contribution in [0.2, 0.25) is 0 Å². The zero-order valence-corrected chi connectivity index (χ0v) is 13.3. The lowest BCUT2D eigenvalue weighted by molar-refractivity contribution is -0.138. The third kappa shape index (κ3) is 3.92. The van der Waals surface area contributed by atoms with Crippen molar-refractivity contribution in [2.75, 3.05) is 0 Å². The van der Waals surface area contributed by atoms with Crippen LogP contribution in [0.1, 0.15) is 35.6 Å². The van der Waals surface area contributed by atoms with Crippen LogP contribution in [0.25, 0.3) is 0 Å². The molecule has 1 aromatic heterocycles. The predicted molar refractivity (Wildman–Crippen MR) is 86.0 cm³/mol. The molecule has 0 fully saturated rings. The second-order valence-electron chi connectivity index (χ2n) is 6.09. The van der Waals surface area contributed by atoms with Crippen molar-refractivity contribution in [1.82, 2.24) is 9.88 Å². The molecule has 4 nitrogen and oxygen atoms in total. The van der Waals surface area contributed by atoms with Crippen LogP contribution < -0.4 is 10.9 Å². The van der Waals surface area contributed by atoms with Gasteiger partial charge in [-0.2, -0.15) is 13.2 Å². The molecule has 0 radical (unpaired) electrons. The number of hydrogen-bond donors (Lipinski definition) is 1. The number of aromatic nitrogens is 1. The minimum atomic E-state index is -4.56. The van der Waals surface area contributed by atoms with Gasteiger partial charge in [-0.15, -0.1) is 0 Å². The molecule has 0 aliphatic heterocycles. The summed E-state index contributed by atoms with van der Waals surface area (Å²) < 4.78 is 39.1. The predicted octanol–water partition coefficient (Wildman–Crippen LogP) is 3.06. The normalized spacial score (nSPS) is 17.0. The summed E-state index contributed by atoms with van der Waals surface area (Å²) in [6.07, 6.45) is -1.26. The second kappa shape index (κ2) is 6.74. The third-order valence-corrected chi connectivity index (χ3v) is 4.33. The Hall–Kier alpha value is -2.57. The average molecular weight is 350 g/mol. The summed E-state index contributed by atoms with van der Waals surface area (Å²) in [5, 5.41) is 2.83. The largest absolute Gasteiger partial charge is 0.417 e.